The third-order valence-electron chi connectivity index (χ3n) is 1.63. The van der Waals surface area contributed by atoms with E-state index in [2.05, 4.69) is 9.97 Å². The lowest BCUT2D eigenvalue weighted by molar-refractivity contribution is 0.628. The van der Waals surface area contributed by atoms with Crippen LogP contribution in [-0.4, -0.2) is 9.97 Å². The first-order valence-corrected chi connectivity index (χ1v) is 3.60. The highest BCUT2D eigenvalue weighted by molar-refractivity contribution is 5.85. The first-order valence-electron chi connectivity index (χ1n) is 3.60. The Hall–Kier alpha value is -1.35. The SMILES string of the molecule is Cl.Fc1cccc(-c2cnc[nH]2)c1. The maximum absolute atomic E-state index is 12.7. The molecule has 0 atom stereocenters. The highest BCUT2D eigenvalue weighted by Gasteiger charge is 1.98. The second-order valence-corrected chi connectivity index (χ2v) is 2.48. The molecule has 2 aromatic rings. The van der Waals surface area contributed by atoms with Gasteiger partial charge in [-0.25, -0.2) is 9.37 Å². The van der Waals surface area contributed by atoms with Gasteiger partial charge in [-0.3, -0.25) is 0 Å². The number of imidazole rings is 1. The van der Waals surface area contributed by atoms with E-state index in [1.54, 1.807) is 18.6 Å². The number of hydrogen-bond acceptors (Lipinski definition) is 1. The maximum atomic E-state index is 12.7. The van der Waals surface area contributed by atoms with Crippen molar-refractivity contribution in [2.75, 3.05) is 0 Å². The molecule has 4 heteroatoms. The van der Waals surface area contributed by atoms with Crippen LogP contribution in [0.25, 0.3) is 11.3 Å². The van der Waals surface area contributed by atoms with Crippen molar-refractivity contribution in [2.24, 2.45) is 0 Å². The number of rotatable bonds is 1. The van der Waals surface area contributed by atoms with Crippen molar-refractivity contribution < 1.29 is 4.39 Å². The number of aromatic nitrogens is 2. The van der Waals surface area contributed by atoms with E-state index in [1.807, 2.05) is 6.07 Å². The summed E-state index contributed by atoms with van der Waals surface area (Å²) in [5.74, 6) is -0.234. The van der Waals surface area contributed by atoms with Gasteiger partial charge in [0, 0.05) is 5.56 Å². The number of aromatic amines is 1. The van der Waals surface area contributed by atoms with E-state index in [0.717, 1.165) is 11.3 Å². The Morgan fingerprint density at radius 1 is 1.31 bits per heavy atom. The average molecular weight is 199 g/mol. The molecule has 0 aliphatic heterocycles. The average Bonchev–Trinajstić information content (AvgIpc) is 2.56. The number of hydrogen-bond donors (Lipinski definition) is 1. The van der Waals surface area contributed by atoms with Gasteiger partial charge in [0.15, 0.2) is 0 Å². The quantitative estimate of drug-likeness (QED) is 0.750. The highest BCUT2D eigenvalue weighted by atomic mass is 35.5. The molecule has 0 saturated heterocycles. The van der Waals surface area contributed by atoms with Gasteiger partial charge < -0.3 is 4.98 Å². The second kappa shape index (κ2) is 4.05. The molecule has 0 radical (unpaired) electrons. The summed E-state index contributed by atoms with van der Waals surface area (Å²) < 4.78 is 12.7. The minimum Gasteiger partial charge on any atom is -0.345 e. The van der Waals surface area contributed by atoms with Crippen LogP contribution in [0.4, 0.5) is 4.39 Å². The molecule has 0 saturated carbocycles. The van der Waals surface area contributed by atoms with Crippen molar-refractivity contribution in [1.29, 1.82) is 0 Å². The molecule has 2 nitrogen and oxygen atoms in total. The fourth-order valence-corrected chi connectivity index (χ4v) is 1.07. The normalized spacial score (nSPS) is 9.31. The Balaban J connectivity index is 0.000000845. The molecule has 68 valence electrons. The van der Waals surface area contributed by atoms with Gasteiger partial charge in [0.2, 0.25) is 0 Å². The third-order valence-corrected chi connectivity index (χ3v) is 1.63. The maximum Gasteiger partial charge on any atom is 0.123 e. The monoisotopic (exact) mass is 198 g/mol. The van der Waals surface area contributed by atoms with Crippen molar-refractivity contribution in [3.05, 3.63) is 42.6 Å². The molecule has 0 aliphatic carbocycles. The number of H-pyrrole nitrogens is 1. The summed E-state index contributed by atoms with van der Waals surface area (Å²) in [6, 6.07) is 6.38. The third kappa shape index (κ3) is 2.06. The first-order chi connectivity index (χ1) is 5.86. The molecule has 1 N–H and O–H groups in total. The molecule has 0 unspecified atom stereocenters. The number of benzene rings is 1. The summed E-state index contributed by atoms with van der Waals surface area (Å²) in [6.45, 7) is 0. The van der Waals surface area contributed by atoms with Gasteiger partial charge >= 0.3 is 0 Å². The molecule has 0 spiro atoms. The summed E-state index contributed by atoms with van der Waals surface area (Å²) in [7, 11) is 0. The van der Waals surface area contributed by atoms with E-state index in [0.29, 0.717) is 0 Å². The van der Waals surface area contributed by atoms with Crippen LogP contribution in [0.15, 0.2) is 36.8 Å². The molecule has 0 amide bonds. The predicted octanol–water partition coefficient (Wildman–Crippen LogP) is 2.64. The zero-order valence-corrected chi connectivity index (χ0v) is 7.51. The van der Waals surface area contributed by atoms with Crippen LogP contribution in [0.5, 0.6) is 0 Å². The van der Waals surface area contributed by atoms with Crippen molar-refractivity contribution in [1.82, 2.24) is 9.97 Å². The molecule has 13 heavy (non-hydrogen) atoms. The fraction of sp³-hybridized carbons (Fsp3) is 0. The van der Waals surface area contributed by atoms with E-state index in [1.165, 1.54) is 12.1 Å². The minimum atomic E-state index is -0.234. The summed E-state index contributed by atoms with van der Waals surface area (Å²) >= 11 is 0. The smallest absolute Gasteiger partial charge is 0.123 e. The lowest BCUT2D eigenvalue weighted by Gasteiger charge is -1.95. The lowest BCUT2D eigenvalue weighted by atomic mass is 10.2. The van der Waals surface area contributed by atoms with E-state index in [4.69, 9.17) is 0 Å². The summed E-state index contributed by atoms with van der Waals surface area (Å²) in [5, 5.41) is 0. The molecule has 0 fully saturated rings. The number of nitrogens with zero attached hydrogens (tertiary/aromatic N) is 1. The molecule has 0 aliphatic rings. The Morgan fingerprint density at radius 3 is 2.77 bits per heavy atom. The Bertz CT molecular complexity index is 373. The molecular formula is C9H8ClFN2. The Kier molecular flexibility index (Phi) is 3.03. The van der Waals surface area contributed by atoms with Crippen molar-refractivity contribution >= 4 is 12.4 Å². The standard InChI is InChI=1S/C9H7FN2.ClH/c10-8-3-1-2-7(4-8)9-5-11-6-12-9;/h1-6H,(H,11,12);1H. The van der Waals surface area contributed by atoms with Crippen LogP contribution in [0, 0.1) is 5.82 Å². The van der Waals surface area contributed by atoms with Crippen LogP contribution in [0.3, 0.4) is 0 Å². The Morgan fingerprint density at radius 2 is 2.15 bits per heavy atom. The minimum absolute atomic E-state index is 0. The van der Waals surface area contributed by atoms with E-state index in [9.17, 15) is 4.39 Å². The largest absolute Gasteiger partial charge is 0.345 e. The zero-order valence-electron chi connectivity index (χ0n) is 6.70. The van der Waals surface area contributed by atoms with Crippen LogP contribution in [0.1, 0.15) is 0 Å². The molecule has 0 bridgehead atoms. The summed E-state index contributed by atoms with van der Waals surface area (Å²) in [5.41, 5.74) is 1.64. The summed E-state index contributed by atoms with van der Waals surface area (Å²) in [6.07, 6.45) is 3.23. The van der Waals surface area contributed by atoms with E-state index >= 15 is 0 Å². The highest BCUT2D eigenvalue weighted by Crippen LogP contribution is 2.15. The van der Waals surface area contributed by atoms with E-state index in [-0.39, 0.29) is 18.2 Å². The van der Waals surface area contributed by atoms with Crippen LogP contribution in [-0.2, 0) is 0 Å². The van der Waals surface area contributed by atoms with Crippen molar-refractivity contribution in [3.63, 3.8) is 0 Å². The Labute approximate surface area is 81.2 Å². The van der Waals surface area contributed by atoms with Crippen molar-refractivity contribution in [2.45, 2.75) is 0 Å². The van der Waals surface area contributed by atoms with Gasteiger partial charge in [-0.1, -0.05) is 12.1 Å². The van der Waals surface area contributed by atoms with Gasteiger partial charge in [0.1, 0.15) is 5.82 Å². The van der Waals surface area contributed by atoms with Gasteiger partial charge in [-0.05, 0) is 12.1 Å². The molecule has 1 aromatic heterocycles. The topological polar surface area (TPSA) is 28.7 Å². The first kappa shape index (κ1) is 9.74. The van der Waals surface area contributed by atoms with Crippen molar-refractivity contribution in [3.8, 4) is 11.3 Å². The van der Waals surface area contributed by atoms with Crippen LogP contribution in [0.2, 0.25) is 0 Å². The summed E-state index contributed by atoms with van der Waals surface area (Å²) in [4.78, 5) is 6.75. The molecule has 1 aromatic carbocycles. The lowest BCUT2D eigenvalue weighted by Crippen LogP contribution is -1.78. The zero-order chi connectivity index (χ0) is 8.39. The van der Waals surface area contributed by atoms with Gasteiger partial charge in [-0.2, -0.15) is 0 Å². The predicted molar refractivity (Wildman–Crippen MR) is 51.2 cm³/mol. The molecule has 1 heterocycles. The fourth-order valence-electron chi connectivity index (χ4n) is 1.07. The van der Waals surface area contributed by atoms with Gasteiger partial charge in [0.05, 0.1) is 18.2 Å². The van der Waals surface area contributed by atoms with Crippen LogP contribution >= 0.6 is 12.4 Å². The molecular weight excluding hydrogens is 191 g/mol. The van der Waals surface area contributed by atoms with Gasteiger partial charge in [-0.15, -0.1) is 12.4 Å². The second-order valence-electron chi connectivity index (χ2n) is 2.48. The van der Waals surface area contributed by atoms with Crippen LogP contribution < -0.4 is 0 Å². The number of nitrogens with one attached hydrogen (secondary N) is 1. The van der Waals surface area contributed by atoms with E-state index < -0.39 is 0 Å². The molecule has 2 rings (SSSR count). The number of halogens is 2. The van der Waals surface area contributed by atoms with Gasteiger partial charge in [0.25, 0.3) is 0 Å².